The monoisotopic (exact) mass is 242 g/mol. The molecule has 1 aromatic carbocycles. The molecule has 18 heavy (non-hydrogen) atoms. The van der Waals surface area contributed by atoms with Gasteiger partial charge in [-0.1, -0.05) is 0 Å². The minimum Gasteiger partial charge on any atom is -0.469 e. The van der Waals surface area contributed by atoms with E-state index in [4.69, 9.17) is 5.26 Å². The van der Waals surface area contributed by atoms with Crippen molar-refractivity contribution in [3.63, 3.8) is 0 Å². The second-order valence-corrected chi connectivity index (χ2v) is 4.12. The molecule has 4 nitrogen and oxygen atoms in total. The summed E-state index contributed by atoms with van der Waals surface area (Å²) in [6, 6.07) is 7.70. The lowest BCUT2D eigenvalue weighted by Gasteiger charge is -2.00. The van der Waals surface area contributed by atoms with E-state index < -0.39 is 0 Å². The first-order valence-electron chi connectivity index (χ1n) is 5.81. The van der Waals surface area contributed by atoms with E-state index in [2.05, 4.69) is 15.8 Å². The zero-order chi connectivity index (χ0) is 13.0. The van der Waals surface area contributed by atoms with Gasteiger partial charge < -0.3 is 9.72 Å². The number of nitriles is 1. The molecule has 0 aliphatic rings. The summed E-state index contributed by atoms with van der Waals surface area (Å²) in [5, 5.41) is 9.94. The van der Waals surface area contributed by atoms with Crippen LogP contribution in [-0.4, -0.2) is 18.1 Å². The third kappa shape index (κ3) is 2.51. The SMILES string of the molecule is COC(=O)CCCc1c[nH]c2ccc(C#N)cc12. The highest BCUT2D eigenvalue weighted by molar-refractivity contribution is 5.84. The molecule has 0 saturated carbocycles. The molecular weight excluding hydrogens is 228 g/mol. The number of fused-ring (bicyclic) bond motifs is 1. The Morgan fingerprint density at radius 1 is 1.50 bits per heavy atom. The van der Waals surface area contributed by atoms with Crippen molar-refractivity contribution in [2.75, 3.05) is 7.11 Å². The maximum Gasteiger partial charge on any atom is 0.305 e. The first-order chi connectivity index (χ1) is 8.74. The molecule has 0 unspecified atom stereocenters. The van der Waals surface area contributed by atoms with Gasteiger partial charge in [-0.05, 0) is 36.6 Å². The van der Waals surface area contributed by atoms with Gasteiger partial charge in [-0.3, -0.25) is 4.79 Å². The Hall–Kier alpha value is -2.28. The largest absolute Gasteiger partial charge is 0.469 e. The van der Waals surface area contributed by atoms with Crippen LogP contribution in [0.3, 0.4) is 0 Å². The maximum atomic E-state index is 11.0. The molecule has 0 radical (unpaired) electrons. The molecule has 4 heteroatoms. The van der Waals surface area contributed by atoms with Crippen LogP contribution >= 0.6 is 0 Å². The van der Waals surface area contributed by atoms with Gasteiger partial charge in [-0.2, -0.15) is 5.26 Å². The summed E-state index contributed by atoms with van der Waals surface area (Å²) in [6.07, 6.45) is 3.89. The van der Waals surface area contributed by atoms with Gasteiger partial charge in [0.25, 0.3) is 0 Å². The molecule has 0 spiro atoms. The predicted octanol–water partition coefficient (Wildman–Crippen LogP) is 2.54. The van der Waals surface area contributed by atoms with Gasteiger partial charge in [0.2, 0.25) is 0 Å². The summed E-state index contributed by atoms with van der Waals surface area (Å²) in [5.74, 6) is -0.187. The number of carbonyl (C=O) groups excluding carboxylic acids is 1. The summed E-state index contributed by atoms with van der Waals surface area (Å²) in [6.45, 7) is 0. The quantitative estimate of drug-likeness (QED) is 0.838. The average molecular weight is 242 g/mol. The van der Waals surface area contributed by atoms with Crippen LogP contribution in [0.15, 0.2) is 24.4 Å². The fourth-order valence-corrected chi connectivity index (χ4v) is 1.98. The highest BCUT2D eigenvalue weighted by atomic mass is 16.5. The number of carbonyl (C=O) groups is 1. The van der Waals surface area contributed by atoms with E-state index in [0.717, 1.165) is 29.3 Å². The normalized spacial score (nSPS) is 10.2. The second kappa shape index (κ2) is 5.37. The number of rotatable bonds is 4. The van der Waals surface area contributed by atoms with E-state index in [0.29, 0.717) is 12.0 Å². The molecule has 1 aromatic heterocycles. The molecule has 0 aliphatic carbocycles. The lowest BCUT2D eigenvalue weighted by Crippen LogP contribution is -2.00. The van der Waals surface area contributed by atoms with Gasteiger partial charge in [0, 0.05) is 23.5 Å². The third-order valence-corrected chi connectivity index (χ3v) is 2.95. The maximum absolute atomic E-state index is 11.0. The standard InChI is InChI=1S/C14H14N2O2/c1-18-14(17)4-2-3-11-9-16-13-6-5-10(8-15)7-12(11)13/h5-7,9,16H,2-4H2,1H3. The molecule has 0 amide bonds. The molecule has 0 atom stereocenters. The van der Waals surface area contributed by atoms with Crippen LogP contribution in [0.5, 0.6) is 0 Å². The van der Waals surface area contributed by atoms with Gasteiger partial charge in [-0.15, -0.1) is 0 Å². The number of nitrogens with zero attached hydrogens (tertiary/aromatic N) is 1. The molecule has 0 fully saturated rings. The minimum absolute atomic E-state index is 0.187. The molecular formula is C14H14N2O2. The zero-order valence-corrected chi connectivity index (χ0v) is 10.2. The summed E-state index contributed by atoms with van der Waals surface area (Å²) in [5.41, 5.74) is 2.80. The van der Waals surface area contributed by atoms with Crippen LogP contribution in [0.2, 0.25) is 0 Å². The fraction of sp³-hybridized carbons (Fsp3) is 0.286. The lowest BCUT2D eigenvalue weighted by molar-refractivity contribution is -0.140. The first-order valence-corrected chi connectivity index (χ1v) is 5.81. The molecule has 0 aliphatic heterocycles. The van der Waals surface area contributed by atoms with Crippen molar-refractivity contribution in [1.82, 2.24) is 4.98 Å². The van der Waals surface area contributed by atoms with Gasteiger partial charge in [0.05, 0.1) is 18.7 Å². The summed E-state index contributed by atoms with van der Waals surface area (Å²) >= 11 is 0. The summed E-state index contributed by atoms with van der Waals surface area (Å²) < 4.78 is 4.60. The number of nitrogens with one attached hydrogen (secondary N) is 1. The van der Waals surface area contributed by atoms with Gasteiger partial charge >= 0.3 is 5.97 Å². The highest BCUT2D eigenvalue weighted by Gasteiger charge is 2.06. The van der Waals surface area contributed by atoms with Crippen LogP contribution in [0.25, 0.3) is 10.9 Å². The number of hydrogen-bond acceptors (Lipinski definition) is 3. The Morgan fingerprint density at radius 3 is 3.06 bits per heavy atom. The van der Waals surface area contributed by atoms with Crippen molar-refractivity contribution in [2.24, 2.45) is 0 Å². The van der Waals surface area contributed by atoms with Crippen molar-refractivity contribution in [3.8, 4) is 6.07 Å². The Labute approximate surface area is 105 Å². The van der Waals surface area contributed by atoms with Crippen molar-refractivity contribution in [2.45, 2.75) is 19.3 Å². The number of aromatic nitrogens is 1. The Bertz CT molecular complexity index is 608. The minimum atomic E-state index is -0.187. The number of hydrogen-bond donors (Lipinski definition) is 1. The number of H-pyrrole nitrogens is 1. The van der Waals surface area contributed by atoms with Crippen molar-refractivity contribution in [1.29, 1.82) is 5.26 Å². The van der Waals surface area contributed by atoms with E-state index >= 15 is 0 Å². The first kappa shape index (κ1) is 12.2. The van der Waals surface area contributed by atoms with Crippen LogP contribution in [0.1, 0.15) is 24.0 Å². The van der Waals surface area contributed by atoms with Crippen molar-refractivity contribution < 1.29 is 9.53 Å². The topological polar surface area (TPSA) is 65.9 Å². The van der Waals surface area contributed by atoms with Crippen molar-refractivity contribution >= 4 is 16.9 Å². The smallest absolute Gasteiger partial charge is 0.305 e. The number of aryl methyl sites for hydroxylation is 1. The Kier molecular flexibility index (Phi) is 3.63. The molecule has 0 bridgehead atoms. The Balaban J connectivity index is 2.13. The number of methoxy groups -OCH3 is 1. The molecule has 1 N–H and O–H groups in total. The average Bonchev–Trinajstić information content (AvgIpc) is 2.81. The summed E-state index contributed by atoms with van der Waals surface area (Å²) in [7, 11) is 1.40. The van der Waals surface area contributed by atoms with Crippen LogP contribution in [0.4, 0.5) is 0 Å². The highest BCUT2D eigenvalue weighted by Crippen LogP contribution is 2.21. The number of aromatic amines is 1. The predicted molar refractivity (Wildman–Crippen MR) is 68.0 cm³/mol. The van der Waals surface area contributed by atoms with Crippen LogP contribution < -0.4 is 0 Å². The number of esters is 1. The fourth-order valence-electron chi connectivity index (χ4n) is 1.98. The van der Waals surface area contributed by atoms with E-state index in [1.807, 2.05) is 18.3 Å². The van der Waals surface area contributed by atoms with Gasteiger partial charge in [0.1, 0.15) is 0 Å². The van der Waals surface area contributed by atoms with E-state index in [-0.39, 0.29) is 5.97 Å². The third-order valence-electron chi connectivity index (χ3n) is 2.95. The van der Waals surface area contributed by atoms with Crippen LogP contribution in [-0.2, 0) is 16.0 Å². The molecule has 92 valence electrons. The molecule has 1 heterocycles. The van der Waals surface area contributed by atoms with Gasteiger partial charge in [-0.25, -0.2) is 0 Å². The number of ether oxygens (including phenoxy) is 1. The Morgan fingerprint density at radius 2 is 2.33 bits per heavy atom. The molecule has 2 rings (SSSR count). The lowest BCUT2D eigenvalue weighted by atomic mass is 10.1. The van der Waals surface area contributed by atoms with Gasteiger partial charge in [0.15, 0.2) is 0 Å². The second-order valence-electron chi connectivity index (χ2n) is 4.12. The van der Waals surface area contributed by atoms with Crippen molar-refractivity contribution in [3.05, 3.63) is 35.5 Å². The summed E-state index contributed by atoms with van der Waals surface area (Å²) in [4.78, 5) is 14.2. The zero-order valence-electron chi connectivity index (χ0n) is 10.2. The van der Waals surface area contributed by atoms with Crippen LogP contribution in [0, 0.1) is 11.3 Å². The van der Waals surface area contributed by atoms with E-state index in [1.165, 1.54) is 7.11 Å². The van der Waals surface area contributed by atoms with E-state index in [9.17, 15) is 4.79 Å². The molecule has 0 saturated heterocycles. The number of benzene rings is 1. The molecule has 2 aromatic rings. The van der Waals surface area contributed by atoms with E-state index in [1.54, 1.807) is 6.07 Å².